The van der Waals surface area contributed by atoms with Gasteiger partial charge in [0.25, 0.3) is 0 Å². The van der Waals surface area contributed by atoms with Crippen LogP contribution in [0.25, 0.3) is 0 Å². The van der Waals surface area contributed by atoms with Gasteiger partial charge < -0.3 is 5.32 Å². The summed E-state index contributed by atoms with van der Waals surface area (Å²) in [6.07, 6.45) is 6.82. The van der Waals surface area contributed by atoms with Gasteiger partial charge in [-0.05, 0) is 19.9 Å². The zero-order chi connectivity index (χ0) is 15.7. The minimum Gasteiger partial charge on any atom is -0.318 e. The molecule has 7 heteroatoms. The topological polar surface area (TPSA) is 67.2 Å². The number of likely N-dealkylation sites (N-methyl/N-ethyl adjacent to an activating group) is 1. The molecule has 1 heterocycles. The van der Waals surface area contributed by atoms with Gasteiger partial charge in [-0.3, -0.25) is 4.68 Å². The molecule has 6 nitrogen and oxygen atoms in total. The van der Waals surface area contributed by atoms with Crippen molar-refractivity contribution in [2.45, 2.75) is 51.0 Å². The molecule has 0 amide bonds. The average Bonchev–Trinajstić information content (AvgIpc) is 2.94. The molecule has 1 N–H and O–H groups in total. The van der Waals surface area contributed by atoms with Gasteiger partial charge in [-0.1, -0.05) is 26.7 Å². The van der Waals surface area contributed by atoms with Crippen molar-refractivity contribution in [2.75, 3.05) is 26.7 Å². The summed E-state index contributed by atoms with van der Waals surface area (Å²) in [4.78, 5) is 0.297. The van der Waals surface area contributed by atoms with Crippen LogP contribution in [0.15, 0.2) is 17.3 Å². The Balaban J connectivity index is 2.85. The van der Waals surface area contributed by atoms with E-state index in [9.17, 15) is 8.42 Å². The van der Waals surface area contributed by atoms with Crippen LogP contribution in [0.3, 0.4) is 0 Å². The van der Waals surface area contributed by atoms with E-state index < -0.39 is 10.0 Å². The zero-order valence-corrected chi connectivity index (χ0v) is 14.2. The highest BCUT2D eigenvalue weighted by Gasteiger charge is 2.24. The fourth-order valence-corrected chi connectivity index (χ4v) is 3.47. The van der Waals surface area contributed by atoms with E-state index in [1.807, 2.05) is 7.05 Å². The largest absolute Gasteiger partial charge is 0.318 e. The van der Waals surface area contributed by atoms with E-state index >= 15 is 0 Å². The second-order valence-corrected chi connectivity index (χ2v) is 7.09. The van der Waals surface area contributed by atoms with Crippen molar-refractivity contribution in [1.29, 1.82) is 0 Å². The Morgan fingerprint density at radius 3 is 2.38 bits per heavy atom. The summed E-state index contributed by atoms with van der Waals surface area (Å²) in [5, 5.41) is 7.16. The Bertz CT molecular complexity index is 491. The lowest BCUT2D eigenvalue weighted by atomic mass is 10.3. The molecule has 0 aromatic carbocycles. The van der Waals surface area contributed by atoms with Crippen LogP contribution < -0.4 is 5.32 Å². The summed E-state index contributed by atoms with van der Waals surface area (Å²) in [5.74, 6) is 0. The molecule has 0 saturated heterocycles. The molecular formula is C14H28N4O2S. The minimum absolute atomic E-state index is 0.297. The SMILES string of the molecule is CCCCN(CCCC)S(=O)(=O)c1cnn(CCNC)c1. The van der Waals surface area contributed by atoms with Gasteiger partial charge in [0, 0.05) is 25.8 Å². The number of nitrogens with one attached hydrogen (secondary N) is 1. The van der Waals surface area contributed by atoms with Crippen molar-refractivity contribution in [3.8, 4) is 0 Å². The molecule has 0 atom stereocenters. The van der Waals surface area contributed by atoms with E-state index in [0.29, 0.717) is 24.5 Å². The smallest absolute Gasteiger partial charge is 0.246 e. The summed E-state index contributed by atoms with van der Waals surface area (Å²) in [6.45, 7) is 6.73. The van der Waals surface area contributed by atoms with Crippen molar-refractivity contribution in [3.05, 3.63) is 12.4 Å². The summed E-state index contributed by atoms with van der Waals surface area (Å²) in [5.41, 5.74) is 0. The van der Waals surface area contributed by atoms with Gasteiger partial charge in [-0.2, -0.15) is 9.40 Å². The average molecular weight is 316 g/mol. The Morgan fingerprint density at radius 1 is 1.24 bits per heavy atom. The molecule has 1 aromatic rings. The molecule has 0 radical (unpaired) electrons. The Labute approximate surface area is 128 Å². The molecule has 0 saturated carbocycles. The van der Waals surface area contributed by atoms with Crippen molar-refractivity contribution in [2.24, 2.45) is 0 Å². The number of aromatic nitrogens is 2. The first-order chi connectivity index (χ1) is 10.1. The van der Waals surface area contributed by atoms with Gasteiger partial charge in [0.15, 0.2) is 0 Å². The second kappa shape index (κ2) is 9.17. The van der Waals surface area contributed by atoms with Gasteiger partial charge in [-0.25, -0.2) is 8.42 Å². The molecular weight excluding hydrogens is 288 g/mol. The number of nitrogens with zero attached hydrogens (tertiary/aromatic N) is 3. The number of rotatable bonds is 11. The minimum atomic E-state index is -3.42. The maximum Gasteiger partial charge on any atom is 0.246 e. The summed E-state index contributed by atoms with van der Waals surface area (Å²) in [6, 6.07) is 0. The molecule has 0 aliphatic rings. The normalized spacial score (nSPS) is 12.2. The van der Waals surface area contributed by atoms with Gasteiger partial charge in [0.05, 0.1) is 12.7 Å². The quantitative estimate of drug-likeness (QED) is 0.675. The van der Waals surface area contributed by atoms with Gasteiger partial charge >= 0.3 is 0 Å². The Hall–Kier alpha value is -0.920. The van der Waals surface area contributed by atoms with E-state index in [-0.39, 0.29) is 0 Å². The van der Waals surface area contributed by atoms with Crippen LogP contribution in [0.1, 0.15) is 39.5 Å². The predicted molar refractivity (Wildman–Crippen MR) is 84.7 cm³/mol. The highest BCUT2D eigenvalue weighted by Crippen LogP contribution is 2.16. The molecule has 0 aliphatic carbocycles. The highest BCUT2D eigenvalue weighted by molar-refractivity contribution is 7.89. The first kappa shape index (κ1) is 18.1. The van der Waals surface area contributed by atoms with Crippen LogP contribution in [0, 0.1) is 0 Å². The predicted octanol–water partition coefficient (Wildman–Crippen LogP) is 1.69. The van der Waals surface area contributed by atoms with Crippen LogP contribution in [-0.2, 0) is 16.6 Å². The molecule has 0 fully saturated rings. The van der Waals surface area contributed by atoms with Crippen LogP contribution in [-0.4, -0.2) is 49.2 Å². The van der Waals surface area contributed by atoms with Gasteiger partial charge in [0.2, 0.25) is 10.0 Å². The third-order valence-electron chi connectivity index (χ3n) is 3.36. The van der Waals surface area contributed by atoms with E-state index in [4.69, 9.17) is 0 Å². The number of hydrogen-bond donors (Lipinski definition) is 1. The first-order valence-electron chi connectivity index (χ1n) is 7.73. The lowest BCUT2D eigenvalue weighted by molar-refractivity contribution is 0.395. The molecule has 0 aliphatic heterocycles. The number of unbranched alkanes of at least 4 members (excludes halogenated alkanes) is 2. The monoisotopic (exact) mass is 316 g/mol. The van der Waals surface area contributed by atoms with E-state index in [1.165, 1.54) is 6.20 Å². The fraction of sp³-hybridized carbons (Fsp3) is 0.786. The van der Waals surface area contributed by atoms with Crippen LogP contribution in [0.4, 0.5) is 0 Å². The van der Waals surface area contributed by atoms with Crippen molar-refractivity contribution < 1.29 is 8.42 Å². The van der Waals surface area contributed by atoms with Crippen molar-refractivity contribution in [3.63, 3.8) is 0 Å². The molecule has 21 heavy (non-hydrogen) atoms. The van der Waals surface area contributed by atoms with Gasteiger partial charge in [0.1, 0.15) is 4.90 Å². The molecule has 0 bridgehead atoms. The van der Waals surface area contributed by atoms with Crippen LogP contribution in [0.2, 0.25) is 0 Å². The van der Waals surface area contributed by atoms with E-state index in [0.717, 1.165) is 32.2 Å². The molecule has 0 unspecified atom stereocenters. The fourth-order valence-electron chi connectivity index (χ4n) is 2.00. The van der Waals surface area contributed by atoms with E-state index in [1.54, 1.807) is 15.2 Å². The molecule has 0 spiro atoms. The maximum absolute atomic E-state index is 12.7. The lowest BCUT2D eigenvalue weighted by Gasteiger charge is -2.20. The summed E-state index contributed by atoms with van der Waals surface area (Å²) in [7, 11) is -1.56. The van der Waals surface area contributed by atoms with Crippen molar-refractivity contribution in [1.82, 2.24) is 19.4 Å². The summed E-state index contributed by atoms with van der Waals surface area (Å²) < 4.78 is 28.6. The number of sulfonamides is 1. The standard InChI is InChI=1S/C14H28N4O2S/c1-4-6-9-18(10-7-5-2)21(19,20)14-12-16-17(13-14)11-8-15-3/h12-13,15H,4-11H2,1-3H3. The van der Waals surface area contributed by atoms with Gasteiger partial charge in [-0.15, -0.1) is 0 Å². The third-order valence-corrected chi connectivity index (χ3v) is 5.21. The summed E-state index contributed by atoms with van der Waals surface area (Å²) >= 11 is 0. The Morgan fingerprint density at radius 2 is 1.86 bits per heavy atom. The lowest BCUT2D eigenvalue weighted by Crippen LogP contribution is -2.32. The molecule has 1 aromatic heterocycles. The maximum atomic E-state index is 12.7. The molecule has 122 valence electrons. The van der Waals surface area contributed by atoms with Crippen LogP contribution in [0.5, 0.6) is 0 Å². The zero-order valence-electron chi connectivity index (χ0n) is 13.4. The Kier molecular flexibility index (Phi) is 7.92. The van der Waals surface area contributed by atoms with Crippen LogP contribution >= 0.6 is 0 Å². The second-order valence-electron chi connectivity index (χ2n) is 5.15. The van der Waals surface area contributed by atoms with Crippen molar-refractivity contribution >= 4 is 10.0 Å². The number of hydrogen-bond acceptors (Lipinski definition) is 4. The highest BCUT2D eigenvalue weighted by atomic mass is 32.2. The third kappa shape index (κ3) is 5.41. The first-order valence-corrected chi connectivity index (χ1v) is 9.17. The molecule has 1 rings (SSSR count). The van der Waals surface area contributed by atoms with E-state index in [2.05, 4.69) is 24.3 Å².